The molecule has 0 aliphatic rings. The Labute approximate surface area is 129 Å². The van der Waals surface area contributed by atoms with Gasteiger partial charge in [0.25, 0.3) is 0 Å². The van der Waals surface area contributed by atoms with Crippen molar-refractivity contribution in [1.29, 1.82) is 0 Å². The van der Waals surface area contributed by atoms with E-state index in [1.165, 1.54) is 6.07 Å². The van der Waals surface area contributed by atoms with Gasteiger partial charge in [0.15, 0.2) is 0 Å². The molecule has 110 valence electrons. The van der Waals surface area contributed by atoms with Crippen molar-refractivity contribution in [3.63, 3.8) is 0 Å². The third kappa shape index (κ3) is 3.47. The summed E-state index contributed by atoms with van der Waals surface area (Å²) in [6.45, 7) is 1.88. The molecule has 0 heterocycles. The third-order valence-electron chi connectivity index (χ3n) is 3.32. The van der Waals surface area contributed by atoms with Crippen LogP contribution >= 0.6 is 15.9 Å². The number of benzene rings is 2. The molecular formula is C16H13BrF2O2. The topological polar surface area (TPSA) is 37.3 Å². The minimum Gasteiger partial charge on any atom is -0.481 e. The molecule has 1 N–H and O–H groups in total. The van der Waals surface area contributed by atoms with Crippen LogP contribution in [0, 0.1) is 18.6 Å². The Balaban J connectivity index is 2.40. The van der Waals surface area contributed by atoms with Crippen LogP contribution < -0.4 is 0 Å². The van der Waals surface area contributed by atoms with Gasteiger partial charge in [0, 0.05) is 5.56 Å². The maximum atomic E-state index is 14.0. The Morgan fingerprint density at radius 2 is 1.81 bits per heavy atom. The van der Waals surface area contributed by atoms with Crippen LogP contribution in [0.4, 0.5) is 8.78 Å². The molecule has 0 radical (unpaired) electrons. The predicted molar refractivity (Wildman–Crippen MR) is 79.3 cm³/mol. The van der Waals surface area contributed by atoms with Crippen molar-refractivity contribution < 1.29 is 18.7 Å². The van der Waals surface area contributed by atoms with Crippen molar-refractivity contribution in [2.24, 2.45) is 0 Å². The van der Waals surface area contributed by atoms with E-state index >= 15 is 0 Å². The summed E-state index contributed by atoms with van der Waals surface area (Å²) in [5, 5.41) is 9.35. The highest BCUT2D eigenvalue weighted by Crippen LogP contribution is 2.28. The molecular weight excluding hydrogens is 342 g/mol. The van der Waals surface area contributed by atoms with E-state index in [1.807, 2.05) is 6.92 Å². The van der Waals surface area contributed by atoms with Gasteiger partial charge in [-0.3, -0.25) is 4.79 Å². The van der Waals surface area contributed by atoms with Gasteiger partial charge in [-0.25, -0.2) is 8.78 Å². The minimum atomic E-state index is -1.11. The first-order valence-electron chi connectivity index (χ1n) is 6.32. The maximum absolute atomic E-state index is 14.0. The Morgan fingerprint density at radius 1 is 1.19 bits per heavy atom. The summed E-state index contributed by atoms with van der Waals surface area (Å²) in [6.07, 6.45) is -0.241. The highest BCUT2D eigenvalue weighted by Gasteiger charge is 2.24. The van der Waals surface area contributed by atoms with Gasteiger partial charge in [-0.05, 0) is 47.0 Å². The standard InChI is InChI=1S/C16H13BrF2O2/c1-9-2-4-10(5-3-9)11(16(20)21)8-12-14(18)7-6-13(17)15(12)19/h2-7,11H,8H2,1H3,(H,20,21). The summed E-state index contributed by atoms with van der Waals surface area (Å²) in [7, 11) is 0. The number of carboxylic acid groups (broad SMARTS) is 1. The Kier molecular flexibility index (Phi) is 4.73. The van der Waals surface area contributed by atoms with Gasteiger partial charge >= 0.3 is 5.97 Å². The molecule has 0 amide bonds. The number of carbonyl (C=O) groups is 1. The van der Waals surface area contributed by atoms with Gasteiger partial charge in [-0.1, -0.05) is 29.8 Å². The van der Waals surface area contributed by atoms with Gasteiger partial charge in [0.1, 0.15) is 11.6 Å². The van der Waals surface area contributed by atoms with Crippen LogP contribution in [-0.4, -0.2) is 11.1 Å². The van der Waals surface area contributed by atoms with Gasteiger partial charge in [0.2, 0.25) is 0 Å². The van der Waals surface area contributed by atoms with Crippen molar-refractivity contribution in [2.45, 2.75) is 19.3 Å². The Bertz CT molecular complexity index is 669. The zero-order valence-electron chi connectivity index (χ0n) is 11.2. The zero-order chi connectivity index (χ0) is 15.6. The molecule has 5 heteroatoms. The summed E-state index contributed by atoms with van der Waals surface area (Å²) in [5.41, 5.74) is 1.28. The lowest BCUT2D eigenvalue weighted by molar-refractivity contribution is -0.138. The number of halogens is 3. The summed E-state index contributed by atoms with van der Waals surface area (Å²) in [5.74, 6) is -3.61. The van der Waals surface area contributed by atoms with Crippen LogP contribution in [0.25, 0.3) is 0 Å². The number of aryl methyl sites for hydroxylation is 1. The van der Waals surface area contributed by atoms with Crippen LogP contribution in [0.5, 0.6) is 0 Å². The Morgan fingerprint density at radius 3 is 2.38 bits per heavy atom. The van der Waals surface area contributed by atoms with Crippen LogP contribution in [0.3, 0.4) is 0 Å². The molecule has 0 aromatic heterocycles. The molecule has 0 saturated carbocycles. The molecule has 2 aromatic carbocycles. The van der Waals surface area contributed by atoms with Crippen molar-refractivity contribution in [3.8, 4) is 0 Å². The smallest absolute Gasteiger partial charge is 0.311 e. The molecule has 0 aliphatic heterocycles. The van der Waals surface area contributed by atoms with E-state index in [-0.39, 0.29) is 16.5 Å². The molecule has 1 atom stereocenters. The van der Waals surface area contributed by atoms with Crippen LogP contribution in [0.15, 0.2) is 40.9 Å². The van der Waals surface area contributed by atoms with Crippen LogP contribution in [-0.2, 0) is 11.2 Å². The lowest BCUT2D eigenvalue weighted by Gasteiger charge is -2.15. The van der Waals surface area contributed by atoms with E-state index in [9.17, 15) is 18.7 Å². The van der Waals surface area contributed by atoms with E-state index in [0.717, 1.165) is 11.6 Å². The van der Waals surface area contributed by atoms with Crippen molar-refractivity contribution in [3.05, 3.63) is 69.2 Å². The highest BCUT2D eigenvalue weighted by molar-refractivity contribution is 9.10. The summed E-state index contributed by atoms with van der Waals surface area (Å²) < 4.78 is 27.9. The average Bonchev–Trinajstić information content (AvgIpc) is 2.44. The van der Waals surface area contributed by atoms with E-state index in [0.29, 0.717) is 5.56 Å². The number of carboxylic acids is 1. The lowest BCUT2D eigenvalue weighted by Crippen LogP contribution is -2.16. The van der Waals surface area contributed by atoms with Gasteiger partial charge in [-0.15, -0.1) is 0 Å². The number of aliphatic carboxylic acids is 1. The molecule has 0 saturated heterocycles. The van der Waals surface area contributed by atoms with Crippen molar-refractivity contribution in [2.75, 3.05) is 0 Å². The summed E-state index contributed by atoms with van der Waals surface area (Å²) in [6, 6.07) is 9.27. The largest absolute Gasteiger partial charge is 0.481 e. The maximum Gasteiger partial charge on any atom is 0.311 e. The molecule has 2 aromatic rings. The monoisotopic (exact) mass is 354 g/mol. The predicted octanol–water partition coefficient (Wildman–Crippen LogP) is 4.45. The molecule has 0 aliphatic carbocycles. The van der Waals surface area contributed by atoms with Gasteiger partial charge in [-0.2, -0.15) is 0 Å². The first-order valence-corrected chi connectivity index (χ1v) is 7.11. The second-order valence-corrected chi connectivity index (χ2v) is 5.68. The Hall–Kier alpha value is -1.75. The molecule has 0 bridgehead atoms. The van der Waals surface area contributed by atoms with Gasteiger partial charge in [0.05, 0.1) is 10.4 Å². The second-order valence-electron chi connectivity index (χ2n) is 4.83. The number of hydrogen-bond donors (Lipinski definition) is 1. The molecule has 0 spiro atoms. The van der Waals surface area contributed by atoms with Crippen molar-refractivity contribution in [1.82, 2.24) is 0 Å². The first-order chi connectivity index (χ1) is 9.90. The molecule has 0 fully saturated rings. The quantitative estimate of drug-likeness (QED) is 0.823. The summed E-state index contributed by atoms with van der Waals surface area (Å²) in [4.78, 5) is 11.4. The van der Waals surface area contributed by atoms with E-state index in [1.54, 1.807) is 24.3 Å². The van der Waals surface area contributed by atoms with Gasteiger partial charge < -0.3 is 5.11 Å². The highest BCUT2D eigenvalue weighted by atomic mass is 79.9. The second kappa shape index (κ2) is 6.35. The van der Waals surface area contributed by atoms with Crippen molar-refractivity contribution >= 4 is 21.9 Å². The van der Waals surface area contributed by atoms with E-state index in [2.05, 4.69) is 15.9 Å². The average molecular weight is 355 g/mol. The summed E-state index contributed by atoms with van der Waals surface area (Å²) >= 11 is 2.98. The SMILES string of the molecule is Cc1ccc(C(Cc2c(F)ccc(Br)c2F)C(=O)O)cc1. The number of rotatable bonds is 4. The zero-order valence-corrected chi connectivity index (χ0v) is 12.8. The molecule has 21 heavy (non-hydrogen) atoms. The van der Waals surface area contributed by atoms with Crippen LogP contribution in [0.1, 0.15) is 22.6 Å². The molecule has 1 unspecified atom stereocenters. The fraction of sp³-hybridized carbons (Fsp3) is 0.188. The van der Waals surface area contributed by atoms with Crippen LogP contribution in [0.2, 0.25) is 0 Å². The molecule has 2 rings (SSSR count). The number of hydrogen-bond acceptors (Lipinski definition) is 1. The first kappa shape index (κ1) is 15.6. The fourth-order valence-electron chi connectivity index (χ4n) is 2.11. The van der Waals surface area contributed by atoms with E-state index in [4.69, 9.17) is 0 Å². The lowest BCUT2D eigenvalue weighted by atomic mass is 9.91. The third-order valence-corrected chi connectivity index (χ3v) is 3.94. The fourth-order valence-corrected chi connectivity index (χ4v) is 2.48. The normalized spacial score (nSPS) is 12.2. The minimum absolute atomic E-state index is 0.118. The van der Waals surface area contributed by atoms with E-state index < -0.39 is 23.5 Å². The molecule has 2 nitrogen and oxygen atoms in total.